The Kier molecular flexibility index (Phi) is 3.33. The summed E-state index contributed by atoms with van der Waals surface area (Å²) in [6.07, 6.45) is 0. The smallest absolute Gasteiger partial charge is 0.135 e. The zero-order valence-corrected chi connectivity index (χ0v) is 10.3. The average Bonchev–Trinajstić information content (AvgIpc) is 2.83. The van der Waals surface area contributed by atoms with Crippen LogP contribution in [-0.2, 0) is 11.3 Å². The van der Waals surface area contributed by atoms with Crippen molar-refractivity contribution in [1.82, 2.24) is 4.98 Å². The fourth-order valence-corrected chi connectivity index (χ4v) is 3.03. The van der Waals surface area contributed by atoms with Gasteiger partial charge < -0.3 is 10.5 Å². The van der Waals surface area contributed by atoms with Gasteiger partial charge in [-0.2, -0.15) is 0 Å². The summed E-state index contributed by atoms with van der Waals surface area (Å²) in [7, 11) is 1.61. The molecule has 84 valence electrons. The summed E-state index contributed by atoms with van der Waals surface area (Å²) in [4.78, 5) is 6.24. The molecule has 0 spiro atoms. The molecule has 2 heterocycles. The van der Waals surface area contributed by atoms with E-state index in [2.05, 4.69) is 4.98 Å². The topological polar surface area (TPSA) is 72.0 Å². The Morgan fingerprint density at radius 1 is 1.62 bits per heavy atom. The minimum absolute atomic E-state index is 0.0485. The second-order valence-corrected chi connectivity index (χ2v) is 5.07. The first-order valence-electron chi connectivity index (χ1n) is 4.59. The van der Waals surface area contributed by atoms with Crippen molar-refractivity contribution >= 4 is 28.5 Å². The van der Waals surface area contributed by atoms with Crippen LogP contribution in [0.4, 0.5) is 0 Å². The monoisotopic (exact) mass is 253 g/mol. The number of aromatic nitrogens is 1. The fourth-order valence-electron chi connectivity index (χ4n) is 1.30. The third-order valence-electron chi connectivity index (χ3n) is 1.95. The van der Waals surface area contributed by atoms with Crippen LogP contribution in [0.25, 0.3) is 9.88 Å². The van der Waals surface area contributed by atoms with Crippen molar-refractivity contribution in [3.8, 4) is 9.88 Å². The highest BCUT2D eigenvalue weighted by atomic mass is 32.1. The van der Waals surface area contributed by atoms with Crippen LogP contribution < -0.4 is 5.73 Å². The number of nitrogen functional groups attached to an aromatic ring is 1. The van der Waals surface area contributed by atoms with Gasteiger partial charge in [0, 0.05) is 7.11 Å². The number of hydrogen-bond acceptors (Lipinski definition) is 5. The van der Waals surface area contributed by atoms with Crippen LogP contribution in [0.1, 0.15) is 10.6 Å². The van der Waals surface area contributed by atoms with Gasteiger partial charge in [-0.3, -0.25) is 5.41 Å². The number of rotatable bonds is 4. The minimum atomic E-state index is 0.0485. The van der Waals surface area contributed by atoms with Crippen molar-refractivity contribution in [1.29, 1.82) is 5.41 Å². The van der Waals surface area contributed by atoms with Gasteiger partial charge in [0.2, 0.25) is 0 Å². The molecule has 2 aromatic rings. The third kappa shape index (κ3) is 2.13. The number of nitrogens with one attached hydrogen (secondary N) is 1. The van der Waals surface area contributed by atoms with E-state index in [4.69, 9.17) is 15.9 Å². The molecule has 16 heavy (non-hydrogen) atoms. The SMILES string of the molecule is COCc1nc(-c2cccs2)sc1C(=N)N. The first kappa shape index (κ1) is 11.3. The summed E-state index contributed by atoms with van der Waals surface area (Å²) in [5.41, 5.74) is 6.25. The van der Waals surface area contributed by atoms with E-state index in [1.807, 2.05) is 17.5 Å². The number of nitrogens with two attached hydrogens (primary N) is 1. The van der Waals surface area contributed by atoms with E-state index in [9.17, 15) is 0 Å². The second-order valence-electron chi connectivity index (χ2n) is 3.12. The Bertz CT molecular complexity index is 490. The predicted molar refractivity (Wildman–Crippen MR) is 67.2 cm³/mol. The van der Waals surface area contributed by atoms with E-state index in [1.165, 1.54) is 11.3 Å². The summed E-state index contributed by atoms with van der Waals surface area (Å²) < 4.78 is 5.04. The largest absolute Gasteiger partial charge is 0.383 e. The summed E-state index contributed by atoms with van der Waals surface area (Å²) in [5.74, 6) is 0.0485. The summed E-state index contributed by atoms with van der Waals surface area (Å²) in [6, 6.07) is 3.98. The minimum Gasteiger partial charge on any atom is -0.383 e. The predicted octanol–water partition coefficient (Wildman–Crippen LogP) is 2.30. The molecule has 0 saturated heterocycles. The molecule has 4 nitrogen and oxygen atoms in total. The molecule has 0 radical (unpaired) electrons. The Balaban J connectivity index is 2.42. The van der Waals surface area contributed by atoms with E-state index < -0.39 is 0 Å². The van der Waals surface area contributed by atoms with Crippen molar-refractivity contribution in [2.45, 2.75) is 6.61 Å². The van der Waals surface area contributed by atoms with Gasteiger partial charge in [-0.25, -0.2) is 4.98 Å². The van der Waals surface area contributed by atoms with Gasteiger partial charge in [0.1, 0.15) is 10.8 Å². The number of nitrogens with zero attached hydrogens (tertiary/aromatic N) is 1. The molecule has 0 unspecified atom stereocenters. The maximum absolute atomic E-state index is 7.49. The van der Waals surface area contributed by atoms with Crippen LogP contribution >= 0.6 is 22.7 Å². The number of thiophene rings is 1. The molecule has 0 bridgehead atoms. The summed E-state index contributed by atoms with van der Waals surface area (Å²) >= 11 is 3.06. The van der Waals surface area contributed by atoms with E-state index >= 15 is 0 Å². The molecule has 0 aliphatic rings. The molecule has 0 aromatic carbocycles. The maximum Gasteiger partial charge on any atom is 0.135 e. The van der Waals surface area contributed by atoms with Crippen molar-refractivity contribution in [3.05, 3.63) is 28.1 Å². The molecule has 6 heteroatoms. The highest BCUT2D eigenvalue weighted by Crippen LogP contribution is 2.31. The van der Waals surface area contributed by atoms with Gasteiger partial charge in [0.25, 0.3) is 0 Å². The van der Waals surface area contributed by atoms with E-state index in [0.29, 0.717) is 11.5 Å². The number of thiazole rings is 1. The quantitative estimate of drug-likeness (QED) is 0.648. The van der Waals surface area contributed by atoms with Crippen molar-refractivity contribution < 1.29 is 4.74 Å². The van der Waals surface area contributed by atoms with Crippen LogP contribution in [0, 0.1) is 5.41 Å². The molecular formula is C10H11N3OS2. The van der Waals surface area contributed by atoms with E-state index in [-0.39, 0.29) is 5.84 Å². The molecule has 2 aromatic heterocycles. The number of amidine groups is 1. The first-order valence-corrected chi connectivity index (χ1v) is 6.29. The van der Waals surface area contributed by atoms with Gasteiger partial charge in [0.05, 0.1) is 22.1 Å². The lowest BCUT2D eigenvalue weighted by molar-refractivity contribution is 0.182. The second kappa shape index (κ2) is 4.73. The maximum atomic E-state index is 7.49. The molecule has 0 fully saturated rings. The molecule has 0 aliphatic heterocycles. The van der Waals surface area contributed by atoms with Crippen LogP contribution in [0.5, 0.6) is 0 Å². The first-order chi connectivity index (χ1) is 7.72. The Morgan fingerprint density at radius 2 is 2.44 bits per heavy atom. The molecule has 3 N–H and O–H groups in total. The molecular weight excluding hydrogens is 242 g/mol. The zero-order valence-electron chi connectivity index (χ0n) is 8.69. The molecule has 0 atom stereocenters. The number of methoxy groups -OCH3 is 1. The normalized spacial score (nSPS) is 10.6. The Hall–Kier alpha value is -1.24. The molecule has 0 aliphatic carbocycles. The van der Waals surface area contributed by atoms with Crippen LogP contribution in [-0.4, -0.2) is 17.9 Å². The van der Waals surface area contributed by atoms with Gasteiger partial charge in [-0.15, -0.1) is 22.7 Å². The Labute approximate surface area is 101 Å². The standard InChI is InChI=1S/C10H11N3OS2/c1-14-5-6-8(9(11)12)16-10(13-6)7-3-2-4-15-7/h2-4H,5H2,1H3,(H3,11,12). The molecule has 2 rings (SSSR count). The van der Waals surface area contributed by atoms with E-state index in [0.717, 1.165) is 15.6 Å². The van der Waals surface area contributed by atoms with Gasteiger partial charge in [-0.05, 0) is 11.4 Å². The summed E-state index contributed by atoms with van der Waals surface area (Å²) in [6.45, 7) is 0.386. The van der Waals surface area contributed by atoms with Crippen LogP contribution in [0.2, 0.25) is 0 Å². The highest BCUT2D eigenvalue weighted by Gasteiger charge is 2.14. The van der Waals surface area contributed by atoms with E-state index in [1.54, 1.807) is 18.4 Å². The fraction of sp³-hybridized carbons (Fsp3) is 0.200. The number of hydrogen-bond donors (Lipinski definition) is 2. The third-order valence-corrected chi connectivity index (χ3v) is 4.12. The Morgan fingerprint density at radius 3 is 3.00 bits per heavy atom. The van der Waals surface area contributed by atoms with Crippen molar-refractivity contribution in [2.75, 3.05) is 7.11 Å². The zero-order chi connectivity index (χ0) is 11.5. The number of ether oxygens (including phenoxy) is 1. The molecule has 0 saturated carbocycles. The van der Waals surface area contributed by atoms with Crippen LogP contribution in [0.3, 0.4) is 0 Å². The lowest BCUT2D eigenvalue weighted by Crippen LogP contribution is -2.11. The van der Waals surface area contributed by atoms with Crippen molar-refractivity contribution in [3.63, 3.8) is 0 Å². The molecule has 0 amide bonds. The lowest BCUT2D eigenvalue weighted by Gasteiger charge is -1.96. The average molecular weight is 253 g/mol. The van der Waals surface area contributed by atoms with Gasteiger partial charge >= 0.3 is 0 Å². The highest BCUT2D eigenvalue weighted by molar-refractivity contribution is 7.22. The van der Waals surface area contributed by atoms with Crippen molar-refractivity contribution in [2.24, 2.45) is 5.73 Å². The summed E-state index contributed by atoms with van der Waals surface area (Å²) in [5, 5.41) is 10.4. The van der Waals surface area contributed by atoms with Crippen LogP contribution in [0.15, 0.2) is 17.5 Å². The van der Waals surface area contributed by atoms with Gasteiger partial charge in [-0.1, -0.05) is 6.07 Å². The van der Waals surface area contributed by atoms with Gasteiger partial charge in [0.15, 0.2) is 0 Å². The lowest BCUT2D eigenvalue weighted by atomic mass is 10.3.